The molecule has 5 nitrogen and oxygen atoms in total. The number of primary amides is 1. The standard InChI is InChI=1S/C15H20N2O3/c16-15(18)13-10-19-8-6-17(13)5-3-11-1-2-14-12(9-11)4-7-20-14/h1-2,9,13H,3-8,10H2,(H2,16,18)/t13-/m0/s1. The van der Waals surface area contributed by atoms with Crippen LogP contribution in [-0.4, -0.2) is 49.8 Å². The number of nitrogens with two attached hydrogens (primary N) is 1. The molecule has 20 heavy (non-hydrogen) atoms. The number of fused-ring (bicyclic) bond motifs is 1. The van der Waals surface area contributed by atoms with Crippen molar-refractivity contribution in [2.75, 3.05) is 32.9 Å². The van der Waals surface area contributed by atoms with Gasteiger partial charge in [-0.3, -0.25) is 9.69 Å². The monoisotopic (exact) mass is 276 g/mol. The number of morpholine rings is 1. The normalized spacial score (nSPS) is 22.3. The van der Waals surface area contributed by atoms with Crippen molar-refractivity contribution >= 4 is 5.91 Å². The molecule has 1 fully saturated rings. The number of ether oxygens (including phenoxy) is 2. The zero-order valence-corrected chi connectivity index (χ0v) is 11.5. The van der Waals surface area contributed by atoms with E-state index in [1.54, 1.807) is 0 Å². The molecule has 5 heteroatoms. The molecule has 0 bridgehead atoms. The van der Waals surface area contributed by atoms with Crippen molar-refractivity contribution in [3.8, 4) is 5.75 Å². The lowest BCUT2D eigenvalue weighted by Crippen LogP contribution is -2.52. The Bertz CT molecular complexity index is 504. The molecule has 1 aromatic rings. The average molecular weight is 276 g/mol. The predicted molar refractivity (Wildman–Crippen MR) is 74.7 cm³/mol. The molecule has 0 unspecified atom stereocenters. The first-order valence-corrected chi connectivity index (χ1v) is 7.10. The Kier molecular flexibility index (Phi) is 3.89. The van der Waals surface area contributed by atoms with E-state index < -0.39 is 0 Å². The summed E-state index contributed by atoms with van der Waals surface area (Å²) in [6, 6.07) is 6.07. The van der Waals surface area contributed by atoms with E-state index in [1.807, 2.05) is 6.07 Å². The summed E-state index contributed by atoms with van der Waals surface area (Å²) in [7, 11) is 0. The van der Waals surface area contributed by atoms with E-state index in [0.29, 0.717) is 13.2 Å². The van der Waals surface area contributed by atoms with Crippen LogP contribution in [0.15, 0.2) is 18.2 Å². The van der Waals surface area contributed by atoms with Crippen molar-refractivity contribution in [2.45, 2.75) is 18.9 Å². The number of hydrogen-bond donors (Lipinski definition) is 1. The van der Waals surface area contributed by atoms with Crippen LogP contribution in [0.25, 0.3) is 0 Å². The molecule has 1 saturated heterocycles. The van der Waals surface area contributed by atoms with Crippen molar-refractivity contribution in [1.82, 2.24) is 4.90 Å². The first-order chi connectivity index (χ1) is 9.74. The van der Waals surface area contributed by atoms with E-state index in [0.717, 1.165) is 38.3 Å². The third-order valence-corrected chi connectivity index (χ3v) is 4.01. The van der Waals surface area contributed by atoms with Gasteiger partial charge in [0.05, 0.1) is 19.8 Å². The molecule has 3 rings (SSSR count). The van der Waals surface area contributed by atoms with Crippen molar-refractivity contribution in [3.05, 3.63) is 29.3 Å². The maximum Gasteiger partial charge on any atom is 0.237 e. The van der Waals surface area contributed by atoms with Gasteiger partial charge >= 0.3 is 0 Å². The number of rotatable bonds is 4. The maximum absolute atomic E-state index is 11.4. The highest BCUT2D eigenvalue weighted by Crippen LogP contribution is 2.26. The van der Waals surface area contributed by atoms with Gasteiger partial charge in [-0.2, -0.15) is 0 Å². The molecule has 0 saturated carbocycles. The number of amides is 1. The van der Waals surface area contributed by atoms with Crippen LogP contribution < -0.4 is 10.5 Å². The van der Waals surface area contributed by atoms with Gasteiger partial charge in [0.1, 0.15) is 11.8 Å². The van der Waals surface area contributed by atoms with Gasteiger partial charge in [-0.1, -0.05) is 12.1 Å². The fraction of sp³-hybridized carbons (Fsp3) is 0.533. The first-order valence-electron chi connectivity index (χ1n) is 7.10. The second-order valence-corrected chi connectivity index (χ2v) is 5.32. The number of benzene rings is 1. The highest BCUT2D eigenvalue weighted by Gasteiger charge is 2.27. The molecular formula is C15H20N2O3. The van der Waals surface area contributed by atoms with Gasteiger partial charge in [0.2, 0.25) is 5.91 Å². The molecular weight excluding hydrogens is 256 g/mol. The highest BCUT2D eigenvalue weighted by atomic mass is 16.5. The summed E-state index contributed by atoms with van der Waals surface area (Å²) < 4.78 is 10.8. The van der Waals surface area contributed by atoms with Crippen molar-refractivity contribution < 1.29 is 14.3 Å². The summed E-state index contributed by atoms with van der Waals surface area (Å²) in [6.07, 6.45) is 1.90. The van der Waals surface area contributed by atoms with E-state index in [1.165, 1.54) is 11.1 Å². The van der Waals surface area contributed by atoms with Gasteiger partial charge in [-0.25, -0.2) is 0 Å². The minimum absolute atomic E-state index is 0.290. The van der Waals surface area contributed by atoms with Gasteiger partial charge in [0.15, 0.2) is 0 Å². The fourth-order valence-electron chi connectivity index (χ4n) is 2.84. The van der Waals surface area contributed by atoms with Crippen LogP contribution in [0.2, 0.25) is 0 Å². The summed E-state index contributed by atoms with van der Waals surface area (Å²) in [5, 5.41) is 0. The lowest BCUT2D eigenvalue weighted by molar-refractivity contribution is -0.129. The van der Waals surface area contributed by atoms with Gasteiger partial charge in [-0.05, 0) is 23.6 Å². The summed E-state index contributed by atoms with van der Waals surface area (Å²) in [6.45, 7) is 3.46. The predicted octanol–water partition coefficient (Wildman–Crippen LogP) is 0.350. The van der Waals surface area contributed by atoms with E-state index >= 15 is 0 Å². The van der Waals surface area contributed by atoms with Crippen LogP contribution in [0, 0.1) is 0 Å². The third kappa shape index (κ3) is 2.78. The van der Waals surface area contributed by atoms with Crippen molar-refractivity contribution in [1.29, 1.82) is 0 Å². The van der Waals surface area contributed by atoms with Crippen LogP contribution in [0.5, 0.6) is 5.75 Å². The lowest BCUT2D eigenvalue weighted by Gasteiger charge is -2.33. The topological polar surface area (TPSA) is 64.8 Å². The number of hydrogen-bond acceptors (Lipinski definition) is 4. The summed E-state index contributed by atoms with van der Waals surface area (Å²) in [5.41, 5.74) is 7.99. The molecule has 0 radical (unpaired) electrons. The molecule has 2 aliphatic rings. The first kappa shape index (κ1) is 13.4. The maximum atomic E-state index is 11.4. The molecule has 0 spiro atoms. The van der Waals surface area contributed by atoms with Crippen molar-refractivity contribution in [3.63, 3.8) is 0 Å². The number of carbonyl (C=O) groups is 1. The van der Waals surface area contributed by atoms with E-state index in [9.17, 15) is 4.79 Å². The molecule has 2 heterocycles. The minimum Gasteiger partial charge on any atom is -0.493 e. The second kappa shape index (κ2) is 5.81. The van der Waals surface area contributed by atoms with Crippen LogP contribution in [0.1, 0.15) is 11.1 Å². The Morgan fingerprint density at radius 1 is 1.40 bits per heavy atom. The molecule has 1 atom stereocenters. The van der Waals surface area contributed by atoms with Gasteiger partial charge in [0.25, 0.3) is 0 Å². The molecule has 2 aliphatic heterocycles. The van der Waals surface area contributed by atoms with E-state index in [-0.39, 0.29) is 11.9 Å². The quantitative estimate of drug-likeness (QED) is 0.862. The molecule has 1 aromatic carbocycles. The van der Waals surface area contributed by atoms with Gasteiger partial charge in [0, 0.05) is 19.5 Å². The number of nitrogens with zero attached hydrogens (tertiary/aromatic N) is 1. The Morgan fingerprint density at radius 3 is 3.15 bits per heavy atom. The SMILES string of the molecule is NC(=O)[C@@H]1COCCN1CCc1ccc2c(c1)CCO2. The van der Waals surface area contributed by atoms with Gasteiger partial charge < -0.3 is 15.2 Å². The summed E-state index contributed by atoms with van der Waals surface area (Å²) in [4.78, 5) is 13.5. The lowest BCUT2D eigenvalue weighted by atomic mass is 10.1. The minimum atomic E-state index is -0.299. The smallest absolute Gasteiger partial charge is 0.237 e. The van der Waals surface area contributed by atoms with Gasteiger partial charge in [-0.15, -0.1) is 0 Å². The average Bonchev–Trinajstić information content (AvgIpc) is 2.92. The molecule has 2 N–H and O–H groups in total. The highest BCUT2D eigenvalue weighted by molar-refractivity contribution is 5.80. The zero-order valence-electron chi connectivity index (χ0n) is 11.5. The molecule has 0 aliphatic carbocycles. The Hall–Kier alpha value is -1.59. The second-order valence-electron chi connectivity index (χ2n) is 5.32. The zero-order chi connectivity index (χ0) is 13.9. The summed E-state index contributed by atoms with van der Waals surface area (Å²) >= 11 is 0. The van der Waals surface area contributed by atoms with Crippen LogP contribution >= 0.6 is 0 Å². The Balaban J connectivity index is 1.62. The van der Waals surface area contributed by atoms with E-state index in [2.05, 4.69) is 17.0 Å². The molecule has 108 valence electrons. The van der Waals surface area contributed by atoms with E-state index in [4.69, 9.17) is 15.2 Å². The fourth-order valence-corrected chi connectivity index (χ4v) is 2.84. The van der Waals surface area contributed by atoms with Crippen LogP contribution in [0.4, 0.5) is 0 Å². The Morgan fingerprint density at radius 2 is 2.30 bits per heavy atom. The third-order valence-electron chi connectivity index (χ3n) is 4.01. The largest absolute Gasteiger partial charge is 0.493 e. The van der Waals surface area contributed by atoms with Crippen LogP contribution in [-0.2, 0) is 22.4 Å². The van der Waals surface area contributed by atoms with Crippen LogP contribution in [0.3, 0.4) is 0 Å². The number of carbonyl (C=O) groups excluding carboxylic acids is 1. The molecule has 1 amide bonds. The Labute approximate surface area is 118 Å². The summed E-state index contributed by atoms with van der Waals surface area (Å²) in [5.74, 6) is 0.710. The van der Waals surface area contributed by atoms with Crippen molar-refractivity contribution in [2.24, 2.45) is 5.73 Å². The molecule has 0 aromatic heterocycles.